The molecule has 2 aliphatic rings. The van der Waals surface area contributed by atoms with Crippen LogP contribution in [0.25, 0.3) is 15.9 Å². The topological polar surface area (TPSA) is 76.5 Å². The van der Waals surface area contributed by atoms with Crippen LogP contribution in [0.1, 0.15) is 16.9 Å². The van der Waals surface area contributed by atoms with E-state index in [9.17, 15) is 9.59 Å². The number of benzene rings is 1. The fourth-order valence-corrected chi connectivity index (χ4v) is 6.43. The van der Waals surface area contributed by atoms with Crippen molar-refractivity contribution in [1.82, 2.24) is 19.8 Å². The van der Waals surface area contributed by atoms with Gasteiger partial charge in [-0.25, -0.2) is 4.98 Å². The van der Waals surface area contributed by atoms with E-state index in [0.29, 0.717) is 11.7 Å². The van der Waals surface area contributed by atoms with Crippen molar-refractivity contribution in [1.29, 1.82) is 0 Å². The lowest BCUT2D eigenvalue weighted by molar-refractivity contribution is -0.118. The second kappa shape index (κ2) is 9.74. The van der Waals surface area contributed by atoms with Gasteiger partial charge in [0.2, 0.25) is 5.91 Å². The lowest BCUT2D eigenvalue weighted by Gasteiger charge is -2.26. The highest BCUT2D eigenvalue weighted by molar-refractivity contribution is 7.99. The van der Waals surface area contributed by atoms with Gasteiger partial charge in [-0.15, -0.1) is 11.3 Å². The van der Waals surface area contributed by atoms with Crippen LogP contribution >= 0.6 is 23.1 Å². The Morgan fingerprint density at radius 3 is 2.81 bits per heavy atom. The Labute approximate surface area is 194 Å². The molecular formula is C23H26N4O3S2. The Balaban J connectivity index is 1.35. The van der Waals surface area contributed by atoms with Gasteiger partial charge in [0.25, 0.3) is 5.56 Å². The van der Waals surface area contributed by atoms with Crippen LogP contribution < -0.4 is 10.9 Å². The van der Waals surface area contributed by atoms with Gasteiger partial charge >= 0.3 is 0 Å². The van der Waals surface area contributed by atoms with E-state index in [1.807, 2.05) is 30.3 Å². The van der Waals surface area contributed by atoms with E-state index in [-0.39, 0.29) is 17.2 Å². The van der Waals surface area contributed by atoms with Crippen molar-refractivity contribution in [2.45, 2.75) is 24.4 Å². The number of amides is 1. The highest BCUT2D eigenvalue weighted by Crippen LogP contribution is 2.36. The summed E-state index contributed by atoms with van der Waals surface area (Å²) in [5.41, 5.74) is 1.92. The first-order valence-corrected chi connectivity index (χ1v) is 12.8. The summed E-state index contributed by atoms with van der Waals surface area (Å²) in [4.78, 5) is 35.3. The maximum Gasteiger partial charge on any atom is 0.267 e. The molecule has 0 spiro atoms. The van der Waals surface area contributed by atoms with Gasteiger partial charge in [-0.3, -0.25) is 19.1 Å². The van der Waals surface area contributed by atoms with Crippen molar-refractivity contribution >= 4 is 39.2 Å². The minimum absolute atomic E-state index is 0.0316. The lowest BCUT2D eigenvalue weighted by atomic mass is 10.2. The van der Waals surface area contributed by atoms with Crippen molar-refractivity contribution in [2.24, 2.45) is 0 Å². The molecule has 1 aromatic carbocycles. The van der Waals surface area contributed by atoms with Gasteiger partial charge in [0.05, 0.1) is 30.0 Å². The maximum absolute atomic E-state index is 13.6. The zero-order valence-corrected chi connectivity index (χ0v) is 19.5. The molecule has 2 aromatic heterocycles. The molecule has 1 fully saturated rings. The molecule has 1 amide bonds. The first-order valence-electron chi connectivity index (χ1n) is 11.0. The van der Waals surface area contributed by atoms with Crippen LogP contribution in [0.2, 0.25) is 0 Å². The monoisotopic (exact) mass is 470 g/mol. The van der Waals surface area contributed by atoms with Crippen LogP contribution in [-0.2, 0) is 22.4 Å². The number of ether oxygens (including phenoxy) is 1. The molecule has 32 heavy (non-hydrogen) atoms. The highest BCUT2D eigenvalue weighted by Gasteiger charge is 2.24. The largest absolute Gasteiger partial charge is 0.379 e. The molecule has 0 atom stereocenters. The zero-order chi connectivity index (χ0) is 21.9. The molecule has 0 saturated carbocycles. The standard InChI is InChI=1S/C23H26N4O3S2/c28-19(24-9-10-26-11-13-30-14-12-26)15-31-23-25-21-20(17-7-4-8-18(17)32-21)22(29)27(23)16-5-2-1-3-6-16/h1-3,5-6H,4,7-15H2,(H,24,28). The average Bonchev–Trinajstić information content (AvgIpc) is 3.40. The Kier molecular flexibility index (Phi) is 6.59. The van der Waals surface area contributed by atoms with E-state index >= 15 is 0 Å². The van der Waals surface area contributed by atoms with Crippen molar-refractivity contribution in [3.8, 4) is 5.69 Å². The van der Waals surface area contributed by atoms with Crippen LogP contribution in [0, 0.1) is 0 Å². The summed E-state index contributed by atoms with van der Waals surface area (Å²) in [5, 5.41) is 4.31. The fourth-order valence-electron chi connectivity index (χ4n) is 4.29. The Morgan fingerprint density at radius 2 is 2.00 bits per heavy atom. The van der Waals surface area contributed by atoms with Gasteiger partial charge in [0, 0.05) is 31.1 Å². The van der Waals surface area contributed by atoms with Gasteiger partial charge in [-0.1, -0.05) is 30.0 Å². The molecule has 1 N–H and O–H groups in total. The third-order valence-corrected chi connectivity index (χ3v) is 8.03. The fraction of sp³-hybridized carbons (Fsp3) is 0.435. The lowest BCUT2D eigenvalue weighted by Crippen LogP contribution is -2.41. The van der Waals surface area contributed by atoms with Gasteiger partial charge in [0.15, 0.2) is 5.16 Å². The predicted molar refractivity (Wildman–Crippen MR) is 128 cm³/mol. The minimum atomic E-state index is -0.0501. The third-order valence-electron chi connectivity index (χ3n) is 5.91. The Bertz CT molecular complexity index is 1170. The Hall–Kier alpha value is -2.20. The molecule has 1 saturated heterocycles. The summed E-state index contributed by atoms with van der Waals surface area (Å²) in [6, 6.07) is 9.58. The number of fused-ring (bicyclic) bond motifs is 3. The third kappa shape index (κ3) is 4.47. The number of nitrogens with zero attached hydrogens (tertiary/aromatic N) is 3. The molecule has 7 nitrogen and oxygen atoms in total. The van der Waals surface area contributed by atoms with Crippen LogP contribution in [-0.4, -0.2) is 65.5 Å². The zero-order valence-electron chi connectivity index (χ0n) is 17.8. The molecule has 0 bridgehead atoms. The molecule has 168 valence electrons. The average molecular weight is 471 g/mol. The number of hydrogen-bond donors (Lipinski definition) is 1. The summed E-state index contributed by atoms with van der Waals surface area (Å²) in [6.07, 6.45) is 3.07. The number of thiophene rings is 1. The van der Waals surface area contributed by atoms with Crippen molar-refractivity contribution in [2.75, 3.05) is 45.1 Å². The second-order valence-corrected chi connectivity index (χ2v) is 10.0. The Morgan fingerprint density at radius 1 is 1.19 bits per heavy atom. The molecular weight excluding hydrogens is 444 g/mol. The van der Waals surface area contributed by atoms with Crippen molar-refractivity contribution in [3.05, 3.63) is 51.1 Å². The van der Waals surface area contributed by atoms with E-state index < -0.39 is 0 Å². The van der Waals surface area contributed by atoms with E-state index in [1.54, 1.807) is 15.9 Å². The van der Waals surface area contributed by atoms with Gasteiger partial charge in [-0.2, -0.15) is 0 Å². The number of para-hydroxylation sites is 1. The molecule has 3 heterocycles. The number of hydrogen-bond acceptors (Lipinski definition) is 7. The normalized spacial score (nSPS) is 16.4. The van der Waals surface area contributed by atoms with Crippen molar-refractivity contribution < 1.29 is 9.53 Å². The number of carbonyl (C=O) groups is 1. The number of thioether (sulfide) groups is 1. The number of carbonyl (C=O) groups excluding carboxylic acids is 1. The summed E-state index contributed by atoms with van der Waals surface area (Å²) in [5.74, 6) is 0.171. The molecule has 1 aliphatic carbocycles. The quantitative estimate of drug-likeness (QED) is 0.422. The van der Waals surface area contributed by atoms with Crippen molar-refractivity contribution in [3.63, 3.8) is 0 Å². The maximum atomic E-state index is 13.6. The predicted octanol–water partition coefficient (Wildman–Crippen LogP) is 2.48. The first kappa shape index (κ1) is 21.6. The number of rotatable bonds is 7. The van der Waals surface area contributed by atoms with E-state index in [1.165, 1.54) is 22.2 Å². The molecule has 5 rings (SSSR count). The van der Waals surface area contributed by atoms with Crippen LogP contribution in [0.5, 0.6) is 0 Å². The molecule has 0 unspecified atom stereocenters. The number of nitrogens with one attached hydrogen (secondary N) is 1. The molecule has 9 heteroatoms. The first-order chi connectivity index (χ1) is 15.7. The minimum Gasteiger partial charge on any atom is -0.379 e. The van der Waals surface area contributed by atoms with E-state index in [4.69, 9.17) is 9.72 Å². The SMILES string of the molecule is O=C(CSc1nc2sc3c(c2c(=O)n1-c1ccccc1)CCC3)NCCN1CCOCC1. The van der Waals surface area contributed by atoms with E-state index in [2.05, 4.69) is 10.2 Å². The van der Waals surface area contributed by atoms with Gasteiger partial charge < -0.3 is 10.1 Å². The summed E-state index contributed by atoms with van der Waals surface area (Å²) in [6.45, 7) is 4.74. The molecule has 0 radical (unpaired) electrons. The van der Waals surface area contributed by atoms with Gasteiger partial charge in [-0.05, 0) is 37.0 Å². The summed E-state index contributed by atoms with van der Waals surface area (Å²) >= 11 is 2.95. The molecule has 3 aromatic rings. The van der Waals surface area contributed by atoms with Crippen LogP contribution in [0.15, 0.2) is 40.3 Å². The van der Waals surface area contributed by atoms with Crippen LogP contribution in [0.3, 0.4) is 0 Å². The van der Waals surface area contributed by atoms with E-state index in [0.717, 1.165) is 68.0 Å². The summed E-state index contributed by atoms with van der Waals surface area (Å²) in [7, 11) is 0. The number of morpholine rings is 1. The smallest absolute Gasteiger partial charge is 0.267 e. The number of aromatic nitrogens is 2. The molecule has 1 aliphatic heterocycles. The van der Waals surface area contributed by atoms with Crippen LogP contribution in [0.4, 0.5) is 0 Å². The highest BCUT2D eigenvalue weighted by atomic mass is 32.2. The summed E-state index contributed by atoms with van der Waals surface area (Å²) < 4.78 is 7.02. The van der Waals surface area contributed by atoms with Gasteiger partial charge in [0.1, 0.15) is 4.83 Å². The second-order valence-electron chi connectivity index (χ2n) is 8.00. The number of aryl methyl sites for hydroxylation is 2.